The standard InChI is InChI=1S/C17H20N2O4S.K/c1-17(2)13(16(22)23)19-14(21)11(15(19)24-17)9-18-12(20)8-10-6-4-3-5-7-10;/h3-7,11,13,15H,8-9H2,1-2H3,(H,18,20)(H,22,23);/q;+1/p-1/t11-,13+,15-;/m1./s1. The van der Waals surface area contributed by atoms with Crippen LogP contribution in [0.1, 0.15) is 19.4 Å². The maximum absolute atomic E-state index is 12.3. The quantitative estimate of drug-likeness (QED) is 0.425. The summed E-state index contributed by atoms with van der Waals surface area (Å²) in [6.07, 6.45) is 0.260. The number of hydrogen-bond donors (Lipinski definition) is 1. The Labute approximate surface area is 193 Å². The predicted octanol–water partition coefficient (Wildman–Crippen LogP) is -3.22. The van der Waals surface area contributed by atoms with E-state index < -0.39 is 16.8 Å². The van der Waals surface area contributed by atoms with E-state index in [-0.39, 0.29) is 87.5 Å². The smallest absolute Gasteiger partial charge is 0.548 e. The second-order valence-electron chi connectivity index (χ2n) is 6.65. The van der Waals surface area contributed by atoms with Gasteiger partial charge in [0, 0.05) is 11.3 Å². The van der Waals surface area contributed by atoms with Crippen molar-refractivity contribution in [3.63, 3.8) is 0 Å². The van der Waals surface area contributed by atoms with Crippen LogP contribution in [0.5, 0.6) is 0 Å². The van der Waals surface area contributed by atoms with Crippen LogP contribution in [0, 0.1) is 5.92 Å². The van der Waals surface area contributed by atoms with E-state index in [1.54, 1.807) is 13.8 Å². The molecule has 0 spiro atoms. The van der Waals surface area contributed by atoms with Crippen LogP contribution in [-0.2, 0) is 20.8 Å². The number of carboxylic acids is 1. The molecule has 1 N–H and O–H groups in total. The van der Waals surface area contributed by atoms with E-state index in [1.807, 2.05) is 30.3 Å². The molecular weight excluding hydrogens is 367 g/mol. The molecule has 128 valence electrons. The van der Waals surface area contributed by atoms with Crippen molar-refractivity contribution < 1.29 is 70.9 Å². The Balaban J connectivity index is 0.00000225. The van der Waals surface area contributed by atoms with Gasteiger partial charge in [0.2, 0.25) is 11.8 Å². The van der Waals surface area contributed by atoms with Crippen LogP contribution >= 0.6 is 11.8 Å². The van der Waals surface area contributed by atoms with Crippen molar-refractivity contribution in [3.05, 3.63) is 35.9 Å². The maximum Gasteiger partial charge on any atom is 1.00 e. The average Bonchev–Trinajstić information content (AvgIpc) is 2.76. The van der Waals surface area contributed by atoms with Crippen molar-refractivity contribution >= 4 is 29.5 Å². The van der Waals surface area contributed by atoms with Crippen LogP contribution in [-0.4, -0.2) is 45.4 Å². The molecule has 2 saturated heterocycles. The van der Waals surface area contributed by atoms with Gasteiger partial charge in [0.05, 0.1) is 29.7 Å². The van der Waals surface area contributed by atoms with Gasteiger partial charge in [0.15, 0.2) is 0 Å². The number of thioether (sulfide) groups is 1. The van der Waals surface area contributed by atoms with Crippen molar-refractivity contribution in [2.24, 2.45) is 5.92 Å². The number of carboxylic acid groups (broad SMARTS) is 1. The van der Waals surface area contributed by atoms with Gasteiger partial charge in [0.25, 0.3) is 0 Å². The molecule has 0 unspecified atom stereocenters. The van der Waals surface area contributed by atoms with Crippen molar-refractivity contribution in [2.75, 3.05) is 6.54 Å². The zero-order valence-corrected chi connectivity index (χ0v) is 18.5. The molecule has 0 saturated carbocycles. The minimum Gasteiger partial charge on any atom is -0.548 e. The van der Waals surface area contributed by atoms with Gasteiger partial charge in [-0.2, -0.15) is 0 Å². The summed E-state index contributed by atoms with van der Waals surface area (Å²) in [6, 6.07) is 8.44. The summed E-state index contributed by atoms with van der Waals surface area (Å²) in [7, 11) is 0. The van der Waals surface area contributed by atoms with Crippen molar-refractivity contribution in [1.29, 1.82) is 0 Å². The summed E-state index contributed by atoms with van der Waals surface area (Å²) in [5.74, 6) is -1.98. The number of nitrogens with one attached hydrogen (secondary N) is 1. The Morgan fingerprint density at radius 2 is 1.92 bits per heavy atom. The molecule has 3 atom stereocenters. The zero-order valence-electron chi connectivity index (χ0n) is 14.5. The second kappa shape index (κ2) is 8.10. The summed E-state index contributed by atoms with van der Waals surface area (Å²) in [5.41, 5.74) is 0.907. The van der Waals surface area contributed by atoms with Gasteiger partial charge in [0.1, 0.15) is 0 Å². The van der Waals surface area contributed by atoms with Gasteiger partial charge in [-0.05, 0) is 19.4 Å². The van der Waals surface area contributed by atoms with Crippen molar-refractivity contribution in [1.82, 2.24) is 10.2 Å². The molecule has 1 aromatic carbocycles. The first kappa shape index (κ1) is 20.9. The van der Waals surface area contributed by atoms with E-state index in [1.165, 1.54) is 16.7 Å². The summed E-state index contributed by atoms with van der Waals surface area (Å²) in [5, 5.41) is 13.9. The Kier molecular flexibility index (Phi) is 6.78. The third kappa shape index (κ3) is 4.14. The van der Waals surface area contributed by atoms with Crippen molar-refractivity contribution in [3.8, 4) is 0 Å². The molecule has 1 aromatic rings. The molecule has 3 rings (SSSR count). The topological polar surface area (TPSA) is 89.5 Å². The van der Waals surface area contributed by atoms with Crippen LogP contribution in [0.4, 0.5) is 0 Å². The number of nitrogens with zero attached hydrogens (tertiary/aromatic N) is 1. The molecular formula is C17H19KN2O4S. The van der Waals surface area contributed by atoms with E-state index in [0.29, 0.717) is 0 Å². The molecule has 0 radical (unpaired) electrons. The molecule has 2 amide bonds. The summed E-state index contributed by atoms with van der Waals surface area (Å²) in [4.78, 5) is 37.0. The summed E-state index contributed by atoms with van der Waals surface area (Å²) >= 11 is 1.45. The largest absolute Gasteiger partial charge is 1.00 e. The first-order valence-electron chi connectivity index (χ1n) is 7.83. The van der Waals surface area contributed by atoms with Gasteiger partial charge in [-0.3, -0.25) is 9.59 Å². The van der Waals surface area contributed by atoms with Crippen LogP contribution in [0.15, 0.2) is 30.3 Å². The van der Waals surface area contributed by atoms with Gasteiger partial charge in [-0.15, -0.1) is 11.8 Å². The predicted molar refractivity (Wildman–Crippen MR) is 87.7 cm³/mol. The third-order valence-corrected chi connectivity index (χ3v) is 6.13. The number of hydrogen-bond acceptors (Lipinski definition) is 5. The Bertz CT molecular complexity index is 682. The number of fused-ring (bicyclic) bond motifs is 1. The first-order chi connectivity index (χ1) is 11.3. The molecule has 2 heterocycles. The molecule has 6 nitrogen and oxygen atoms in total. The van der Waals surface area contributed by atoms with Gasteiger partial charge >= 0.3 is 51.4 Å². The van der Waals surface area contributed by atoms with Gasteiger partial charge in [-0.25, -0.2) is 0 Å². The number of carbonyl (C=O) groups is 3. The Hall–Kier alpha value is -0.384. The SMILES string of the molecule is CC1(C)S[C@@H]2[C@H](CNC(=O)Cc3ccccc3)C(=O)N2[C@H]1C(=O)[O-].[K+]. The van der Waals surface area contributed by atoms with Crippen LogP contribution in [0.3, 0.4) is 0 Å². The number of carbonyl (C=O) groups excluding carboxylic acids is 3. The van der Waals surface area contributed by atoms with Gasteiger partial charge < -0.3 is 20.1 Å². The number of rotatable bonds is 5. The zero-order chi connectivity index (χ0) is 17.5. The monoisotopic (exact) mass is 386 g/mol. The molecule has 2 fully saturated rings. The minimum atomic E-state index is -1.23. The van der Waals surface area contributed by atoms with E-state index in [0.717, 1.165) is 5.56 Å². The minimum absolute atomic E-state index is 0. The van der Waals surface area contributed by atoms with Gasteiger partial charge in [-0.1, -0.05) is 30.3 Å². The number of aliphatic carboxylic acids is 1. The average molecular weight is 387 g/mol. The van der Waals surface area contributed by atoms with Crippen LogP contribution in [0.2, 0.25) is 0 Å². The Morgan fingerprint density at radius 1 is 1.28 bits per heavy atom. The van der Waals surface area contributed by atoms with E-state index in [4.69, 9.17) is 0 Å². The molecule has 0 aromatic heterocycles. The first-order valence-corrected chi connectivity index (χ1v) is 8.70. The number of amides is 2. The fraction of sp³-hybridized carbons (Fsp3) is 0.471. The third-order valence-electron chi connectivity index (χ3n) is 4.50. The second-order valence-corrected chi connectivity index (χ2v) is 8.42. The van der Waals surface area contributed by atoms with Crippen LogP contribution < -0.4 is 61.8 Å². The fourth-order valence-electron chi connectivity index (χ4n) is 3.33. The Morgan fingerprint density at radius 3 is 2.52 bits per heavy atom. The summed E-state index contributed by atoms with van der Waals surface area (Å²) < 4.78 is -0.595. The van der Waals surface area contributed by atoms with E-state index >= 15 is 0 Å². The molecule has 0 bridgehead atoms. The van der Waals surface area contributed by atoms with Crippen LogP contribution in [0.25, 0.3) is 0 Å². The molecule has 25 heavy (non-hydrogen) atoms. The molecule has 8 heteroatoms. The maximum atomic E-state index is 12.3. The molecule has 0 aliphatic carbocycles. The fourth-order valence-corrected chi connectivity index (χ4v) is 5.00. The van der Waals surface area contributed by atoms with Crippen molar-refractivity contribution in [2.45, 2.75) is 36.4 Å². The number of β-lactam (4-membered cyclic amide) rings is 1. The van der Waals surface area contributed by atoms with E-state index in [9.17, 15) is 19.5 Å². The summed E-state index contributed by atoms with van der Waals surface area (Å²) in [6.45, 7) is 3.83. The molecule has 2 aliphatic heterocycles. The van der Waals surface area contributed by atoms with E-state index in [2.05, 4.69) is 5.32 Å². The normalized spacial score (nSPS) is 26.2. The number of benzene rings is 1. The molecule has 2 aliphatic rings.